The molecule has 0 saturated carbocycles. The molecule has 1 aromatic carbocycles. The molecule has 1 aliphatic heterocycles. The number of ether oxygens (including phenoxy) is 1. The standard InChI is InChI=1S/C24H28N4O3/c1-4-28-21(29)16-20(22-19(24(30)31-5-2)15-17(3)25-23(22)28)27-13-11-26(12-14-27)18-9-7-6-8-10-18/h6-10,15-16H,4-5,11-14H2,1-3H3. The lowest BCUT2D eigenvalue weighted by molar-refractivity contribution is 0.0528. The Morgan fingerprint density at radius 3 is 2.35 bits per heavy atom. The summed E-state index contributed by atoms with van der Waals surface area (Å²) in [6, 6.07) is 13.7. The first kappa shape index (κ1) is 20.9. The Kier molecular flexibility index (Phi) is 5.93. The number of hydrogen-bond acceptors (Lipinski definition) is 6. The van der Waals surface area contributed by atoms with Crippen LogP contribution in [0.4, 0.5) is 11.4 Å². The van der Waals surface area contributed by atoms with Gasteiger partial charge < -0.3 is 14.5 Å². The van der Waals surface area contributed by atoms with Crippen LogP contribution in [0.1, 0.15) is 29.9 Å². The van der Waals surface area contributed by atoms with Crippen LogP contribution >= 0.6 is 0 Å². The second kappa shape index (κ2) is 8.79. The van der Waals surface area contributed by atoms with E-state index < -0.39 is 0 Å². The molecule has 2 aromatic heterocycles. The van der Waals surface area contributed by atoms with E-state index in [0.717, 1.165) is 31.9 Å². The molecule has 0 atom stereocenters. The molecule has 162 valence electrons. The van der Waals surface area contributed by atoms with E-state index in [9.17, 15) is 9.59 Å². The van der Waals surface area contributed by atoms with E-state index in [1.54, 1.807) is 23.6 Å². The molecule has 4 rings (SSSR count). The molecule has 0 amide bonds. The van der Waals surface area contributed by atoms with Crippen molar-refractivity contribution in [3.05, 3.63) is 64.1 Å². The first-order valence-corrected chi connectivity index (χ1v) is 10.8. The number of nitrogens with zero attached hydrogens (tertiary/aromatic N) is 4. The fraction of sp³-hybridized carbons (Fsp3) is 0.375. The van der Waals surface area contributed by atoms with Crippen LogP contribution in [0, 0.1) is 6.92 Å². The summed E-state index contributed by atoms with van der Waals surface area (Å²) in [5, 5.41) is 0.693. The van der Waals surface area contributed by atoms with Crippen LogP contribution in [0.15, 0.2) is 47.3 Å². The largest absolute Gasteiger partial charge is 0.462 e. The number of rotatable bonds is 5. The zero-order valence-electron chi connectivity index (χ0n) is 18.3. The molecular weight excluding hydrogens is 392 g/mol. The maximum absolute atomic E-state index is 12.9. The summed E-state index contributed by atoms with van der Waals surface area (Å²) in [7, 11) is 0. The number of fused-ring (bicyclic) bond motifs is 1. The summed E-state index contributed by atoms with van der Waals surface area (Å²) >= 11 is 0. The lowest BCUT2D eigenvalue weighted by Gasteiger charge is -2.38. The van der Waals surface area contributed by atoms with E-state index in [-0.39, 0.29) is 11.5 Å². The van der Waals surface area contributed by atoms with Gasteiger partial charge in [0, 0.05) is 50.2 Å². The van der Waals surface area contributed by atoms with Crippen LogP contribution in [-0.4, -0.2) is 48.3 Å². The number of aryl methyl sites for hydroxylation is 2. The molecule has 0 spiro atoms. The zero-order valence-corrected chi connectivity index (χ0v) is 18.3. The summed E-state index contributed by atoms with van der Waals surface area (Å²) in [5.74, 6) is -0.386. The number of carbonyl (C=O) groups excluding carboxylic acids is 1. The second-order valence-corrected chi connectivity index (χ2v) is 7.65. The van der Waals surface area contributed by atoms with Crippen molar-refractivity contribution in [3.8, 4) is 0 Å². The summed E-state index contributed by atoms with van der Waals surface area (Å²) in [6.45, 7) is 9.46. The summed E-state index contributed by atoms with van der Waals surface area (Å²) < 4.78 is 6.95. The third-order valence-electron chi connectivity index (χ3n) is 5.72. The molecule has 1 saturated heterocycles. The maximum Gasteiger partial charge on any atom is 0.339 e. The average molecular weight is 421 g/mol. The molecule has 3 heterocycles. The van der Waals surface area contributed by atoms with Gasteiger partial charge in [-0.15, -0.1) is 0 Å². The smallest absolute Gasteiger partial charge is 0.339 e. The van der Waals surface area contributed by atoms with Gasteiger partial charge in [-0.3, -0.25) is 9.36 Å². The minimum absolute atomic E-state index is 0.108. The molecule has 0 N–H and O–H groups in total. The molecule has 7 heteroatoms. The molecular formula is C24H28N4O3. The predicted molar refractivity (Wildman–Crippen MR) is 123 cm³/mol. The van der Waals surface area contributed by atoms with Crippen molar-refractivity contribution >= 4 is 28.4 Å². The SMILES string of the molecule is CCOC(=O)c1cc(C)nc2c1c(N1CCN(c3ccccc3)CC1)cc(=O)n2CC. The number of pyridine rings is 2. The van der Waals surface area contributed by atoms with Crippen LogP contribution in [-0.2, 0) is 11.3 Å². The highest BCUT2D eigenvalue weighted by atomic mass is 16.5. The third-order valence-corrected chi connectivity index (χ3v) is 5.72. The molecule has 3 aromatic rings. The van der Waals surface area contributed by atoms with E-state index in [1.807, 2.05) is 32.0 Å². The lowest BCUT2D eigenvalue weighted by Crippen LogP contribution is -2.47. The van der Waals surface area contributed by atoms with Crippen LogP contribution in [0.3, 0.4) is 0 Å². The van der Waals surface area contributed by atoms with Crippen molar-refractivity contribution < 1.29 is 9.53 Å². The molecule has 7 nitrogen and oxygen atoms in total. The number of para-hydroxylation sites is 1. The zero-order chi connectivity index (χ0) is 22.0. The Hall–Kier alpha value is -3.35. The summed E-state index contributed by atoms with van der Waals surface area (Å²) in [5.41, 5.74) is 3.53. The maximum atomic E-state index is 12.9. The van der Waals surface area contributed by atoms with Gasteiger partial charge in [-0.2, -0.15) is 0 Å². The van der Waals surface area contributed by atoms with E-state index >= 15 is 0 Å². The predicted octanol–water partition coefficient (Wildman–Crippen LogP) is 3.23. The van der Waals surface area contributed by atoms with E-state index in [4.69, 9.17) is 4.74 Å². The molecule has 0 unspecified atom stereocenters. The number of carbonyl (C=O) groups is 1. The lowest BCUT2D eigenvalue weighted by atomic mass is 10.1. The van der Waals surface area contributed by atoms with Gasteiger partial charge in [-0.25, -0.2) is 9.78 Å². The minimum atomic E-state index is -0.386. The van der Waals surface area contributed by atoms with Crippen molar-refractivity contribution in [2.45, 2.75) is 27.3 Å². The van der Waals surface area contributed by atoms with Gasteiger partial charge in [-0.1, -0.05) is 18.2 Å². The van der Waals surface area contributed by atoms with Gasteiger partial charge in [0.15, 0.2) is 0 Å². The van der Waals surface area contributed by atoms with Crippen LogP contribution < -0.4 is 15.4 Å². The Balaban J connectivity index is 1.79. The van der Waals surface area contributed by atoms with Gasteiger partial charge in [-0.05, 0) is 39.0 Å². The molecule has 0 bridgehead atoms. The molecule has 0 aliphatic carbocycles. The highest BCUT2D eigenvalue weighted by Gasteiger charge is 2.25. The highest BCUT2D eigenvalue weighted by Crippen LogP contribution is 2.30. The Labute approximate surface area is 181 Å². The first-order valence-electron chi connectivity index (χ1n) is 10.8. The number of piperazine rings is 1. The molecule has 1 aliphatic rings. The Bertz CT molecular complexity index is 1150. The molecule has 31 heavy (non-hydrogen) atoms. The van der Waals surface area contributed by atoms with Crippen molar-refractivity contribution in [1.82, 2.24) is 9.55 Å². The quantitative estimate of drug-likeness (QED) is 0.591. The van der Waals surface area contributed by atoms with Crippen LogP contribution in [0.25, 0.3) is 11.0 Å². The Morgan fingerprint density at radius 1 is 1.03 bits per heavy atom. The first-order chi connectivity index (χ1) is 15.0. The van der Waals surface area contributed by atoms with Gasteiger partial charge >= 0.3 is 5.97 Å². The van der Waals surface area contributed by atoms with E-state index in [0.29, 0.717) is 35.4 Å². The van der Waals surface area contributed by atoms with Crippen molar-refractivity contribution in [3.63, 3.8) is 0 Å². The van der Waals surface area contributed by atoms with Gasteiger partial charge in [0.25, 0.3) is 5.56 Å². The van der Waals surface area contributed by atoms with Crippen molar-refractivity contribution in [2.24, 2.45) is 0 Å². The molecule has 1 fully saturated rings. The van der Waals surface area contributed by atoms with Crippen LogP contribution in [0.5, 0.6) is 0 Å². The number of aromatic nitrogens is 2. The number of benzene rings is 1. The monoisotopic (exact) mass is 420 g/mol. The van der Waals surface area contributed by atoms with Crippen molar-refractivity contribution in [2.75, 3.05) is 42.6 Å². The normalized spacial score (nSPS) is 14.2. The van der Waals surface area contributed by atoms with Gasteiger partial charge in [0.2, 0.25) is 0 Å². The van der Waals surface area contributed by atoms with Crippen molar-refractivity contribution in [1.29, 1.82) is 0 Å². The summed E-state index contributed by atoms with van der Waals surface area (Å²) in [4.78, 5) is 34.9. The minimum Gasteiger partial charge on any atom is -0.462 e. The topological polar surface area (TPSA) is 67.7 Å². The third kappa shape index (κ3) is 4.00. The summed E-state index contributed by atoms with van der Waals surface area (Å²) in [6.07, 6.45) is 0. The number of anilines is 2. The Morgan fingerprint density at radius 2 is 1.71 bits per heavy atom. The number of hydrogen-bond donors (Lipinski definition) is 0. The van der Waals surface area contributed by atoms with Gasteiger partial charge in [0.1, 0.15) is 5.65 Å². The number of esters is 1. The van der Waals surface area contributed by atoms with Gasteiger partial charge in [0.05, 0.1) is 23.2 Å². The van der Waals surface area contributed by atoms with E-state index in [1.165, 1.54) is 5.69 Å². The average Bonchev–Trinajstić information content (AvgIpc) is 2.79. The second-order valence-electron chi connectivity index (χ2n) is 7.65. The molecule has 0 radical (unpaired) electrons. The fourth-order valence-electron chi connectivity index (χ4n) is 4.25. The van der Waals surface area contributed by atoms with E-state index in [2.05, 4.69) is 26.9 Å². The van der Waals surface area contributed by atoms with Crippen LogP contribution in [0.2, 0.25) is 0 Å². The fourth-order valence-corrected chi connectivity index (χ4v) is 4.25. The highest BCUT2D eigenvalue weighted by molar-refractivity contribution is 6.08.